The lowest BCUT2D eigenvalue weighted by Crippen LogP contribution is -2.48. The van der Waals surface area contributed by atoms with Crippen molar-refractivity contribution >= 4 is 44.1 Å². The number of hydrogen-bond donors (Lipinski definition) is 4. The third-order valence-corrected chi connectivity index (χ3v) is 7.36. The average Bonchev–Trinajstić information content (AvgIpc) is 2.98. The molecule has 2 aromatic rings. The van der Waals surface area contributed by atoms with Gasteiger partial charge in [-0.15, -0.1) is 13.2 Å². The first kappa shape index (κ1) is 33.1. The van der Waals surface area contributed by atoms with E-state index >= 15 is 0 Å². The number of rotatable bonds is 10. The number of halogens is 3. The van der Waals surface area contributed by atoms with Crippen molar-refractivity contribution in [3.63, 3.8) is 0 Å². The second-order valence-electron chi connectivity index (χ2n) is 9.78. The number of carbonyl (C=O) groups is 3. The maximum Gasteiger partial charge on any atom is 0.319 e. The number of ether oxygens (including phenoxy) is 1. The van der Waals surface area contributed by atoms with Gasteiger partial charge in [-0.3, -0.25) is 9.59 Å². The molecule has 42 heavy (non-hydrogen) atoms. The molecule has 0 saturated carbocycles. The van der Waals surface area contributed by atoms with Crippen LogP contribution >= 0.6 is 22.6 Å². The van der Waals surface area contributed by atoms with E-state index in [2.05, 4.69) is 45.4 Å². The summed E-state index contributed by atoms with van der Waals surface area (Å²) >= 11 is 1.72. The SMILES string of the molecule is C=C.COCC1=C(C(=O)NCCCN2CCC(c3cccc(NC(=O)I)c3)CC2)[C@@H](c2ccc(F)c(F)c2)NC(=O)N1. The summed E-state index contributed by atoms with van der Waals surface area (Å²) < 4.78 is 32.5. The van der Waals surface area contributed by atoms with Gasteiger partial charge < -0.3 is 30.9 Å². The van der Waals surface area contributed by atoms with Crippen molar-refractivity contribution in [3.8, 4) is 0 Å². The Morgan fingerprint density at radius 1 is 1.10 bits per heavy atom. The monoisotopic (exact) mass is 695 g/mol. The van der Waals surface area contributed by atoms with Crippen LogP contribution < -0.4 is 21.3 Å². The van der Waals surface area contributed by atoms with Gasteiger partial charge in [0, 0.05) is 41.9 Å². The molecule has 2 heterocycles. The predicted octanol–water partition coefficient (Wildman–Crippen LogP) is 5.37. The Morgan fingerprint density at radius 2 is 1.83 bits per heavy atom. The topological polar surface area (TPSA) is 112 Å². The minimum atomic E-state index is -1.07. The van der Waals surface area contributed by atoms with Crippen LogP contribution in [0.5, 0.6) is 0 Å². The maximum absolute atomic E-state index is 13.9. The fraction of sp³-hybridized carbons (Fsp3) is 0.367. The van der Waals surface area contributed by atoms with Crippen molar-refractivity contribution < 1.29 is 27.9 Å². The number of carbonyl (C=O) groups excluding carboxylic acids is 3. The summed E-state index contributed by atoms with van der Waals surface area (Å²) in [7, 11) is 1.44. The lowest BCUT2D eigenvalue weighted by atomic mass is 9.89. The number of nitrogens with one attached hydrogen (secondary N) is 4. The molecule has 4 N–H and O–H groups in total. The zero-order valence-electron chi connectivity index (χ0n) is 23.5. The molecule has 1 atom stereocenters. The van der Waals surface area contributed by atoms with Gasteiger partial charge in [0.2, 0.25) is 0 Å². The van der Waals surface area contributed by atoms with Crippen LogP contribution in [-0.2, 0) is 9.53 Å². The molecule has 0 radical (unpaired) electrons. The van der Waals surface area contributed by atoms with E-state index < -0.39 is 29.6 Å². The number of piperidine rings is 1. The second-order valence-corrected chi connectivity index (χ2v) is 10.8. The molecule has 4 rings (SSSR count). The highest BCUT2D eigenvalue weighted by molar-refractivity contribution is 14.1. The number of benzene rings is 2. The van der Waals surface area contributed by atoms with E-state index in [1.807, 2.05) is 18.2 Å². The van der Waals surface area contributed by atoms with E-state index in [-0.39, 0.29) is 27.4 Å². The molecule has 2 aliphatic heterocycles. The summed E-state index contributed by atoms with van der Waals surface area (Å²) in [5.41, 5.74) is 2.73. The average molecular weight is 696 g/mol. The highest BCUT2D eigenvalue weighted by Gasteiger charge is 2.33. The first-order valence-electron chi connectivity index (χ1n) is 13.6. The first-order chi connectivity index (χ1) is 20.2. The molecule has 0 unspecified atom stereocenters. The van der Waals surface area contributed by atoms with E-state index in [1.165, 1.54) is 18.7 Å². The summed E-state index contributed by atoms with van der Waals surface area (Å²) in [5, 5.41) is 11.0. The zero-order chi connectivity index (χ0) is 30.6. The van der Waals surface area contributed by atoms with Gasteiger partial charge in [-0.2, -0.15) is 0 Å². The zero-order valence-corrected chi connectivity index (χ0v) is 25.6. The normalized spacial score (nSPS) is 17.4. The number of urea groups is 1. The van der Waals surface area contributed by atoms with E-state index in [1.54, 1.807) is 22.6 Å². The highest BCUT2D eigenvalue weighted by atomic mass is 127. The summed E-state index contributed by atoms with van der Waals surface area (Å²) in [6, 6.07) is 9.73. The molecule has 1 saturated heterocycles. The quantitative estimate of drug-likeness (QED) is 0.0879. The maximum atomic E-state index is 13.9. The van der Waals surface area contributed by atoms with Crippen LogP contribution in [0.4, 0.5) is 24.1 Å². The second kappa shape index (κ2) is 16.3. The van der Waals surface area contributed by atoms with Crippen LogP contribution in [0, 0.1) is 11.6 Å². The third-order valence-electron chi connectivity index (χ3n) is 7.09. The molecule has 4 amide bonds. The van der Waals surface area contributed by atoms with E-state index in [4.69, 9.17) is 4.74 Å². The number of likely N-dealkylation sites (tertiary alicyclic amines) is 1. The summed E-state index contributed by atoms with van der Waals surface area (Å²) in [4.78, 5) is 39.2. The predicted molar refractivity (Wildman–Crippen MR) is 166 cm³/mol. The minimum Gasteiger partial charge on any atom is -0.378 e. The standard InChI is InChI=1S/C28H32F2IN5O4.C2H4/c1-40-16-23-24(25(35-28(39)34-23)19-6-7-21(29)22(30)15-19)26(37)32-10-3-11-36-12-8-17(9-13-36)18-4-2-5-20(14-18)33-27(31)38;1-2/h2,4-7,14-15,17,25H,3,8-13,16H2,1H3,(H,32,37)(H,33,38)(H2,34,35,39);1-2H2/t25-;/m1./s1. The van der Waals surface area contributed by atoms with E-state index in [9.17, 15) is 23.2 Å². The summed E-state index contributed by atoms with van der Waals surface area (Å²) in [6.45, 7) is 9.04. The summed E-state index contributed by atoms with van der Waals surface area (Å²) in [5.74, 6) is -2.08. The number of hydrogen-bond acceptors (Lipinski definition) is 5. The molecule has 0 aliphatic carbocycles. The van der Waals surface area contributed by atoms with Crippen LogP contribution in [-0.4, -0.2) is 60.6 Å². The molecule has 2 aliphatic rings. The molecule has 9 nitrogen and oxygen atoms in total. The van der Waals surface area contributed by atoms with E-state index in [0.29, 0.717) is 12.5 Å². The number of amides is 4. The van der Waals surface area contributed by atoms with Gasteiger partial charge >= 0.3 is 6.03 Å². The van der Waals surface area contributed by atoms with Gasteiger partial charge in [0.25, 0.3) is 9.82 Å². The third kappa shape index (κ3) is 9.07. The number of anilines is 1. The first-order valence-corrected chi connectivity index (χ1v) is 14.6. The molecular formula is C30H36F2IN5O4. The van der Waals surface area contributed by atoms with Crippen molar-refractivity contribution in [2.24, 2.45) is 0 Å². The molecule has 2 aromatic carbocycles. The largest absolute Gasteiger partial charge is 0.378 e. The van der Waals surface area contributed by atoms with Gasteiger partial charge in [0.1, 0.15) is 0 Å². The number of nitrogens with zero attached hydrogens (tertiary/aromatic N) is 1. The van der Waals surface area contributed by atoms with Gasteiger partial charge in [0.15, 0.2) is 11.6 Å². The molecule has 12 heteroatoms. The van der Waals surface area contributed by atoms with Gasteiger partial charge in [0.05, 0.1) is 23.9 Å². The van der Waals surface area contributed by atoms with Crippen molar-refractivity contribution in [2.45, 2.75) is 31.2 Å². The Kier molecular flexibility index (Phi) is 12.9. The Morgan fingerprint density at radius 3 is 2.50 bits per heavy atom. The van der Waals surface area contributed by atoms with E-state index in [0.717, 1.165) is 56.7 Å². The van der Waals surface area contributed by atoms with Crippen LogP contribution in [0.25, 0.3) is 0 Å². The van der Waals surface area contributed by atoms with Gasteiger partial charge in [-0.05, 0) is 80.2 Å². The van der Waals surface area contributed by atoms with Crippen LogP contribution in [0.3, 0.4) is 0 Å². The summed E-state index contributed by atoms with van der Waals surface area (Å²) in [6.07, 6.45) is 2.72. The molecule has 0 spiro atoms. The molecule has 226 valence electrons. The lowest BCUT2D eigenvalue weighted by molar-refractivity contribution is -0.118. The van der Waals surface area contributed by atoms with Crippen molar-refractivity contribution in [3.05, 3.63) is 89.7 Å². The smallest absolute Gasteiger partial charge is 0.319 e. The molecule has 0 aromatic heterocycles. The van der Waals surface area contributed by atoms with Crippen LogP contribution in [0.2, 0.25) is 0 Å². The Hall–Kier alpha value is -3.36. The highest BCUT2D eigenvalue weighted by Crippen LogP contribution is 2.30. The van der Waals surface area contributed by atoms with Crippen molar-refractivity contribution in [1.82, 2.24) is 20.9 Å². The van der Waals surface area contributed by atoms with Crippen LogP contribution in [0.1, 0.15) is 42.3 Å². The molecular weight excluding hydrogens is 659 g/mol. The van der Waals surface area contributed by atoms with Gasteiger partial charge in [-0.25, -0.2) is 13.6 Å². The molecule has 1 fully saturated rings. The van der Waals surface area contributed by atoms with Crippen molar-refractivity contribution in [2.75, 3.05) is 45.2 Å². The van der Waals surface area contributed by atoms with Crippen molar-refractivity contribution in [1.29, 1.82) is 0 Å². The van der Waals surface area contributed by atoms with Crippen LogP contribution in [0.15, 0.2) is 66.9 Å². The minimum absolute atomic E-state index is 0.0291. The number of methoxy groups -OCH3 is 1. The fourth-order valence-electron chi connectivity index (χ4n) is 5.16. The lowest BCUT2D eigenvalue weighted by Gasteiger charge is -2.32. The Labute approximate surface area is 258 Å². The Bertz CT molecular complexity index is 1300. The van der Waals surface area contributed by atoms with Gasteiger partial charge in [-0.1, -0.05) is 18.2 Å². The Balaban J connectivity index is 0.00000237. The molecule has 0 bridgehead atoms. The fourth-order valence-corrected chi connectivity index (χ4v) is 5.47.